The van der Waals surface area contributed by atoms with Gasteiger partial charge in [0.1, 0.15) is 0 Å². The topological polar surface area (TPSA) is 24.5 Å². The lowest BCUT2D eigenvalue weighted by atomic mass is 9.91. The molecule has 2 unspecified atom stereocenters. The molecule has 2 atom stereocenters. The summed E-state index contributed by atoms with van der Waals surface area (Å²) in [4.78, 5) is 2.60. The summed E-state index contributed by atoms with van der Waals surface area (Å²) >= 11 is 0. The van der Waals surface area contributed by atoms with Crippen molar-refractivity contribution in [1.29, 1.82) is 0 Å². The number of nitrogens with one attached hydrogen (secondary N) is 1. The van der Waals surface area contributed by atoms with E-state index in [1.807, 2.05) is 0 Å². The van der Waals surface area contributed by atoms with Crippen LogP contribution in [0.3, 0.4) is 0 Å². The van der Waals surface area contributed by atoms with E-state index in [9.17, 15) is 0 Å². The molecule has 0 amide bonds. The minimum Gasteiger partial charge on any atom is -0.374 e. The monoisotopic (exact) mass is 240 g/mol. The maximum Gasteiger partial charge on any atom is 0.0706 e. The number of hydrogen-bond acceptors (Lipinski definition) is 3. The van der Waals surface area contributed by atoms with E-state index < -0.39 is 0 Å². The molecule has 0 aromatic carbocycles. The van der Waals surface area contributed by atoms with Gasteiger partial charge in [0, 0.05) is 30.7 Å². The first kappa shape index (κ1) is 13.3. The third kappa shape index (κ3) is 3.21. The van der Waals surface area contributed by atoms with Gasteiger partial charge in [0.25, 0.3) is 0 Å². The summed E-state index contributed by atoms with van der Waals surface area (Å²) in [5, 5.41) is 3.63. The van der Waals surface area contributed by atoms with E-state index in [4.69, 9.17) is 4.74 Å². The van der Waals surface area contributed by atoms with Crippen LogP contribution >= 0.6 is 0 Å². The Kier molecular flexibility index (Phi) is 3.54. The third-order valence-electron chi connectivity index (χ3n) is 4.19. The molecule has 2 heterocycles. The zero-order valence-electron chi connectivity index (χ0n) is 12.0. The van der Waals surface area contributed by atoms with Gasteiger partial charge in [0.05, 0.1) is 12.2 Å². The van der Waals surface area contributed by atoms with Gasteiger partial charge in [-0.2, -0.15) is 0 Å². The fraction of sp³-hybridized carbons (Fsp3) is 1.00. The van der Waals surface area contributed by atoms with E-state index in [1.54, 1.807) is 0 Å². The molecule has 0 spiro atoms. The Hall–Kier alpha value is -0.120. The zero-order valence-corrected chi connectivity index (χ0v) is 12.0. The Morgan fingerprint density at radius 2 is 1.94 bits per heavy atom. The molecule has 0 aliphatic carbocycles. The summed E-state index contributed by atoms with van der Waals surface area (Å²) < 4.78 is 5.96. The van der Waals surface area contributed by atoms with Gasteiger partial charge < -0.3 is 10.1 Å². The Morgan fingerprint density at radius 1 is 1.24 bits per heavy atom. The first-order chi connectivity index (χ1) is 7.78. The van der Waals surface area contributed by atoms with E-state index in [0.29, 0.717) is 12.2 Å². The van der Waals surface area contributed by atoms with Crippen LogP contribution < -0.4 is 5.32 Å². The summed E-state index contributed by atoms with van der Waals surface area (Å²) in [6.45, 7) is 14.7. The Balaban J connectivity index is 1.97. The molecule has 0 aromatic rings. The number of rotatable bonds is 2. The van der Waals surface area contributed by atoms with Gasteiger partial charge in [0.15, 0.2) is 0 Å². The van der Waals surface area contributed by atoms with E-state index in [-0.39, 0.29) is 11.1 Å². The van der Waals surface area contributed by atoms with E-state index in [0.717, 1.165) is 19.6 Å². The van der Waals surface area contributed by atoms with E-state index in [1.165, 1.54) is 12.8 Å². The van der Waals surface area contributed by atoms with Crippen molar-refractivity contribution in [3.05, 3.63) is 0 Å². The highest BCUT2D eigenvalue weighted by Crippen LogP contribution is 2.27. The summed E-state index contributed by atoms with van der Waals surface area (Å²) in [6, 6.07) is 0. The highest BCUT2D eigenvalue weighted by Gasteiger charge is 2.39. The molecule has 2 aliphatic rings. The van der Waals surface area contributed by atoms with Crippen LogP contribution in [0.25, 0.3) is 0 Å². The van der Waals surface area contributed by atoms with Crippen molar-refractivity contribution in [2.45, 2.75) is 70.7 Å². The van der Waals surface area contributed by atoms with E-state index >= 15 is 0 Å². The summed E-state index contributed by atoms with van der Waals surface area (Å²) in [6.07, 6.45) is 3.35. The second kappa shape index (κ2) is 4.52. The predicted molar refractivity (Wildman–Crippen MR) is 71.3 cm³/mol. The zero-order chi connectivity index (χ0) is 12.7. The molecule has 0 aromatic heterocycles. The first-order valence-corrected chi connectivity index (χ1v) is 6.94. The smallest absolute Gasteiger partial charge is 0.0706 e. The van der Waals surface area contributed by atoms with Gasteiger partial charge >= 0.3 is 0 Å². The van der Waals surface area contributed by atoms with Crippen LogP contribution in [0.5, 0.6) is 0 Å². The standard InChI is InChI=1S/C14H28N2O/c1-11-6-7-12(17-11)8-16-10-13(2,3)15-9-14(16,4)5/h11-12,15H,6-10H2,1-5H3. The minimum absolute atomic E-state index is 0.222. The molecule has 3 nitrogen and oxygen atoms in total. The lowest BCUT2D eigenvalue weighted by molar-refractivity contribution is -0.0221. The van der Waals surface area contributed by atoms with Crippen molar-refractivity contribution in [1.82, 2.24) is 10.2 Å². The highest BCUT2D eigenvalue weighted by molar-refractivity contribution is 4.98. The van der Waals surface area contributed by atoms with Gasteiger partial charge in [-0.3, -0.25) is 4.90 Å². The quantitative estimate of drug-likeness (QED) is 0.799. The van der Waals surface area contributed by atoms with Crippen molar-refractivity contribution in [3.63, 3.8) is 0 Å². The average Bonchev–Trinajstić information content (AvgIpc) is 2.59. The van der Waals surface area contributed by atoms with Gasteiger partial charge in [-0.1, -0.05) is 0 Å². The van der Waals surface area contributed by atoms with Crippen LogP contribution in [0, 0.1) is 0 Å². The predicted octanol–water partition coefficient (Wildman–Crippen LogP) is 2.02. The fourth-order valence-corrected chi connectivity index (χ4v) is 2.89. The van der Waals surface area contributed by atoms with Crippen LogP contribution in [0.15, 0.2) is 0 Å². The lowest BCUT2D eigenvalue weighted by Crippen LogP contribution is -2.67. The normalized spacial score (nSPS) is 37.2. The van der Waals surface area contributed by atoms with Gasteiger partial charge in [-0.25, -0.2) is 0 Å². The minimum atomic E-state index is 0.222. The third-order valence-corrected chi connectivity index (χ3v) is 4.19. The summed E-state index contributed by atoms with van der Waals surface area (Å²) in [5.41, 5.74) is 0.463. The van der Waals surface area contributed by atoms with Crippen LogP contribution in [0.1, 0.15) is 47.5 Å². The van der Waals surface area contributed by atoms with Crippen molar-refractivity contribution < 1.29 is 4.74 Å². The first-order valence-electron chi connectivity index (χ1n) is 6.94. The Bertz CT molecular complexity index is 275. The van der Waals surface area contributed by atoms with Gasteiger partial charge in [-0.15, -0.1) is 0 Å². The van der Waals surface area contributed by atoms with Gasteiger partial charge in [0.2, 0.25) is 0 Å². The number of hydrogen-bond donors (Lipinski definition) is 1. The molecule has 0 bridgehead atoms. The molecule has 2 fully saturated rings. The molecule has 3 heteroatoms. The SMILES string of the molecule is CC1CCC(CN2CC(C)(C)NCC2(C)C)O1. The second-order valence-electron chi connectivity index (χ2n) is 7.08. The average molecular weight is 240 g/mol. The van der Waals surface area contributed by atoms with Crippen LogP contribution in [0.4, 0.5) is 0 Å². The maximum absolute atomic E-state index is 5.96. The molecule has 100 valence electrons. The van der Waals surface area contributed by atoms with Crippen molar-refractivity contribution in [2.24, 2.45) is 0 Å². The van der Waals surface area contributed by atoms with Crippen LogP contribution in [0.2, 0.25) is 0 Å². The highest BCUT2D eigenvalue weighted by atomic mass is 16.5. The molecule has 17 heavy (non-hydrogen) atoms. The molecule has 2 rings (SSSR count). The maximum atomic E-state index is 5.96. The Morgan fingerprint density at radius 3 is 2.53 bits per heavy atom. The van der Waals surface area contributed by atoms with Crippen LogP contribution in [-0.4, -0.2) is 47.8 Å². The number of nitrogens with zero attached hydrogens (tertiary/aromatic N) is 1. The van der Waals surface area contributed by atoms with Crippen molar-refractivity contribution in [2.75, 3.05) is 19.6 Å². The van der Waals surface area contributed by atoms with Crippen molar-refractivity contribution in [3.8, 4) is 0 Å². The fourth-order valence-electron chi connectivity index (χ4n) is 2.89. The number of ether oxygens (including phenoxy) is 1. The molecule has 2 aliphatic heterocycles. The molecular weight excluding hydrogens is 212 g/mol. The second-order valence-corrected chi connectivity index (χ2v) is 7.08. The number of piperazine rings is 1. The summed E-state index contributed by atoms with van der Waals surface area (Å²) in [5.74, 6) is 0. The van der Waals surface area contributed by atoms with Crippen LogP contribution in [-0.2, 0) is 4.74 Å². The largest absolute Gasteiger partial charge is 0.374 e. The van der Waals surface area contributed by atoms with Crippen molar-refractivity contribution >= 4 is 0 Å². The molecule has 0 saturated carbocycles. The summed E-state index contributed by atoms with van der Waals surface area (Å²) in [7, 11) is 0. The Labute approximate surface area is 106 Å². The molecule has 2 saturated heterocycles. The molecule has 0 radical (unpaired) electrons. The van der Waals surface area contributed by atoms with Gasteiger partial charge in [-0.05, 0) is 47.5 Å². The molecular formula is C14H28N2O. The molecule has 1 N–H and O–H groups in total. The van der Waals surface area contributed by atoms with E-state index in [2.05, 4.69) is 44.8 Å². The lowest BCUT2D eigenvalue weighted by Gasteiger charge is -2.50.